The van der Waals surface area contributed by atoms with Crippen molar-refractivity contribution in [3.8, 4) is 5.75 Å². The first-order chi connectivity index (χ1) is 11.5. The Hall–Kier alpha value is -2.36. The first-order valence-corrected chi connectivity index (χ1v) is 8.04. The fourth-order valence-electron chi connectivity index (χ4n) is 1.81. The van der Waals surface area contributed by atoms with Gasteiger partial charge in [0.05, 0.1) is 5.75 Å². The number of halogens is 2. The van der Waals surface area contributed by atoms with Gasteiger partial charge >= 0.3 is 6.61 Å². The Bertz CT molecular complexity index is 678. The van der Waals surface area contributed by atoms with Crippen LogP contribution in [0.3, 0.4) is 0 Å². The number of carbonyl (C=O) groups is 1. The van der Waals surface area contributed by atoms with Gasteiger partial charge in [-0.15, -0.1) is 10.2 Å². The van der Waals surface area contributed by atoms with Crippen molar-refractivity contribution in [2.45, 2.75) is 25.1 Å². The summed E-state index contributed by atoms with van der Waals surface area (Å²) in [7, 11) is 0. The molecule has 0 saturated heterocycles. The fraction of sp³-hybridized carbons (Fsp3) is 0.357. The van der Waals surface area contributed by atoms with E-state index in [0.717, 1.165) is 5.56 Å². The Morgan fingerprint density at radius 3 is 2.67 bits per heavy atom. The largest absolute Gasteiger partial charge is 0.435 e. The number of alkyl halides is 2. The van der Waals surface area contributed by atoms with E-state index >= 15 is 0 Å². The Kier molecular flexibility index (Phi) is 6.36. The summed E-state index contributed by atoms with van der Waals surface area (Å²) in [6.45, 7) is -0.687. The highest BCUT2D eigenvalue weighted by Gasteiger charge is 2.09. The highest BCUT2D eigenvalue weighted by atomic mass is 32.2. The van der Waals surface area contributed by atoms with E-state index in [0.29, 0.717) is 23.9 Å². The van der Waals surface area contributed by atoms with Crippen LogP contribution in [0.1, 0.15) is 11.4 Å². The van der Waals surface area contributed by atoms with E-state index in [2.05, 4.69) is 20.3 Å². The van der Waals surface area contributed by atoms with Gasteiger partial charge in [0, 0.05) is 6.54 Å². The van der Waals surface area contributed by atoms with Gasteiger partial charge in [0.15, 0.2) is 0 Å². The molecule has 1 aromatic carbocycles. The summed E-state index contributed by atoms with van der Waals surface area (Å²) in [5, 5.41) is 10.9. The second kappa shape index (κ2) is 8.48. The monoisotopic (exact) mass is 357 g/mol. The summed E-state index contributed by atoms with van der Waals surface area (Å²) in [6.07, 6.45) is 0.581. The number of amides is 1. The summed E-state index contributed by atoms with van der Waals surface area (Å²) < 4.78 is 29.7. The number of benzene rings is 1. The standard InChI is InChI=1S/C14H17F2N5O2S/c1-9-19-20-14(21(9)17)24-8-12(22)18-7-6-10-2-4-11(5-3-10)23-13(15)16/h2-5,13H,6-8,17H2,1H3,(H,18,22). The molecule has 0 spiro atoms. The molecule has 24 heavy (non-hydrogen) atoms. The summed E-state index contributed by atoms with van der Waals surface area (Å²) in [5.41, 5.74) is 0.905. The van der Waals surface area contributed by atoms with Crippen molar-refractivity contribution in [2.75, 3.05) is 18.1 Å². The van der Waals surface area contributed by atoms with Crippen molar-refractivity contribution in [3.63, 3.8) is 0 Å². The molecule has 0 aliphatic carbocycles. The Balaban J connectivity index is 1.69. The van der Waals surface area contributed by atoms with Crippen molar-refractivity contribution in [1.82, 2.24) is 20.2 Å². The zero-order valence-corrected chi connectivity index (χ0v) is 13.7. The number of nitrogens with one attached hydrogen (secondary N) is 1. The van der Waals surface area contributed by atoms with Crippen LogP contribution in [0.5, 0.6) is 5.75 Å². The van der Waals surface area contributed by atoms with Gasteiger partial charge in [-0.3, -0.25) is 4.79 Å². The van der Waals surface area contributed by atoms with Crippen LogP contribution in [0, 0.1) is 6.92 Å². The average molecular weight is 357 g/mol. The maximum Gasteiger partial charge on any atom is 0.387 e. The van der Waals surface area contributed by atoms with Crippen molar-refractivity contribution < 1.29 is 18.3 Å². The number of ether oxygens (including phenoxy) is 1. The second-order valence-electron chi connectivity index (χ2n) is 4.81. The maximum absolute atomic E-state index is 12.0. The third-order valence-corrected chi connectivity index (χ3v) is 3.99. The van der Waals surface area contributed by atoms with Gasteiger partial charge < -0.3 is 15.9 Å². The molecule has 0 bridgehead atoms. The molecule has 0 saturated carbocycles. The number of carbonyl (C=O) groups excluding carboxylic acids is 1. The molecule has 7 nitrogen and oxygen atoms in total. The van der Waals surface area contributed by atoms with Crippen molar-refractivity contribution in [2.24, 2.45) is 0 Å². The number of hydrogen-bond donors (Lipinski definition) is 2. The molecular formula is C14H17F2N5O2S. The Morgan fingerprint density at radius 2 is 2.08 bits per heavy atom. The molecule has 0 atom stereocenters. The molecule has 0 unspecified atom stereocenters. The predicted molar refractivity (Wildman–Crippen MR) is 85.4 cm³/mol. The zero-order valence-electron chi connectivity index (χ0n) is 12.9. The summed E-state index contributed by atoms with van der Waals surface area (Å²) >= 11 is 1.19. The summed E-state index contributed by atoms with van der Waals surface area (Å²) in [6, 6.07) is 6.29. The Morgan fingerprint density at radius 1 is 1.38 bits per heavy atom. The first kappa shape index (κ1) is 18.0. The predicted octanol–water partition coefficient (Wildman–Crippen LogP) is 1.35. The van der Waals surface area contributed by atoms with E-state index in [9.17, 15) is 13.6 Å². The molecule has 130 valence electrons. The van der Waals surface area contributed by atoms with Crippen LogP contribution in [0.25, 0.3) is 0 Å². The van der Waals surface area contributed by atoms with E-state index in [1.807, 2.05) is 0 Å². The highest BCUT2D eigenvalue weighted by molar-refractivity contribution is 7.99. The number of thioether (sulfide) groups is 1. The van der Waals surface area contributed by atoms with Gasteiger partial charge in [0.2, 0.25) is 11.1 Å². The molecule has 0 radical (unpaired) electrons. The molecule has 0 fully saturated rings. The van der Waals surface area contributed by atoms with Gasteiger partial charge in [-0.25, -0.2) is 4.68 Å². The maximum atomic E-state index is 12.0. The van der Waals surface area contributed by atoms with Gasteiger partial charge in [0.25, 0.3) is 0 Å². The van der Waals surface area contributed by atoms with E-state index in [1.54, 1.807) is 19.1 Å². The van der Waals surface area contributed by atoms with Crippen molar-refractivity contribution in [3.05, 3.63) is 35.7 Å². The van der Waals surface area contributed by atoms with Crippen LogP contribution in [-0.2, 0) is 11.2 Å². The SMILES string of the molecule is Cc1nnc(SCC(=O)NCCc2ccc(OC(F)F)cc2)n1N. The summed E-state index contributed by atoms with van der Waals surface area (Å²) in [4.78, 5) is 11.8. The van der Waals surface area contributed by atoms with Crippen LogP contribution in [-0.4, -0.2) is 39.7 Å². The van der Waals surface area contributed by atoms with Crippen LogP contribution in [0.4, 0.5) is 8.78 Å². The number of rotatable bonds is 8. The zero-order chi connectivity index (χ0) is 17.5. The lowest BCUT2D eigenvalue weighted by molar-refractivity contribution is -0.118. The molecule has 3 N–H and O–H groups in total. The Labute approximate surface area is 141 Å². The van der Waals surface area contributed by atoms with E-state index in [1.165, 1.54) is 28.6 Å². The third kappa shape index (κ3) is 5.37. The average Bonchev–Trinajstić information content (AvgIpc) is 2.86. The number of hydrogen-bond acceptors (Lipinski definition) is 6. The van der Waals surface area contributed by atoms with Gasteiger partial charge in [-0.2, -0.15) is 8.78 Å². The molecule has 0 aliphatic rings. The fourth-order valence-corrected chi connectivity index (χ4v) is 2.55. The molecule has 10 heteroatoms. The topological polar surface area (TPSA) is 95.1 Å². The quantitative estimate of drug-likeness (QED) is 0.547. The lowest BCUT2D eigenvalue weighted by Gasteiger charge is -2.07. The third-order valence-electron chi connectivity index (χ3n) is 3.05. The molecular weight excluding hydrogens is 340 g/mol. The van der Waals surface area contributed by atoms with Crippen LogP contribution in [0.2, 0.25) is 0 Å². The smallest absolute Gasteiger partial charge is 0.387 e. The van der Waals surface area contributed by atoms with Gasteiger partial charge in [-0.05, 0) is 31.0 Å². The van der Waals surface area contributed by atoms with Gasteiger partial charge in [-0.1, -0.05) is 23.9 Å². The lowest BCUT2D eigenvalue weighted by Crippen LogP contribution is -2.27. The molecule has 0 aliphatic heterocycles. The second-order valence-corrected chi connectivity index (χ2v) is 5.75. The minimum absolute atomic E-state index is 0.107. The minimum atomic E-state index is -2.84. The van der Waals surface area contributed by atoms with E-state index < -0.39 is 6.61 Å². The van der Waals surface area contributed by atoms with Crippen LogP contribution >= 0.6 is 11.8 Å². The summed E-state index contributed by atoms with van der Waals surface area (Å²) in [5.74, 6) is 6.39. The van der Waals surface area contributed by atoms with Crippen LogP contribution in [0.15, 0.2) is 29.4 Å². The molecule has 1 amide bonds. The minimum Gasteiger partial charge on any atom is -0.435 e. The molecule has 1 heterocycles. The van der Waals surface area contributed by atoms with Crippen molar-refractivity contribution >= 4 is 17.7 Å². The molecule has 2 aromatic rings. The van der Waals surface area contributed by atoms with Crippen LogP contribution < -0.4 is 15.9 Å². The first-order valence-electron chi connectivity index (χ1n) is 7.06. The number of nitrogens with two attached hydrogens (primary N) is 1. The van der Waals surface area contributed by atoms with Crippen molar-refractivity contribution in [1.29, 1.82) is 0 Å². The lowest BCUT2D eigenvalue weighted by atomic mass is 10.1. The number of aromatic nitrogens is 3. The molecule has 2 rings (SSSR count). The number of nitrogens with zero attached hydrogens (tertiary/aromatic N) is 3. The molecule has 1 aromatic heterocycles. The number of aryl methyl sites for hydroxylation is 1. The normalized spacial score (nSPS) is 10.8. The van der Waals surface area contributed by atoms with E-state index in [-0.39, 0.29) is 17.4 Å². The van der Waals surface area contributed by atoms with E-state index in [4.69, 9.17) is 5.84 Å². The van der Waals surface area contributed by atoms with Gasteiger partial charge in [0.1, 0.15) is 11.6 Å². The number of nitrogen functional groups attached to an aromatic ring is 1. The highest BCUT2D eigenvalue weighted by Crippen LogP contribution is 2.15.